The molecule has 2 aromatic carbocycles. The van der Waals surface area contributed by atoms with Crippen LogP contribution in [0.25, 0.3) is 0 Å². The maximum absolute atomic E-state index is 13.0. The lowest BCUT2D eigenvalue weighted by Gasteiger charge is -2.21. The first-order valence-corrected chi connectivity index (χ1v) is 9.18. The van der Waals surface area contributed by atoms with Gasteiger partial charge in [-0.1, -0.05) is 12.1 Å². The monoisotopic (exact) mass is 389 g/mol. The molecule has 152 valence electrons. The highest BCUT2D eigenvalue weighted by molar-refractivity contribution is 5.80. The van der Waals surface area contributed by atoms with Gasteiger partial charge in [-0.15, -0.1) is 0 Å². The summed E-state index contributed by atoms with van der Waals surface area (Å²) < 4.78 is 23.8. The minimum Gasteiger partial charge on any atom is -0.497 e. The van der Waals surface area contributed by atoms with Crippen molar-refractivity contribution in [2.24, 2.45) is 4.99 Å². The summed E-state index contributed by atoms with van der Waals surface area (Å²) in [6, 6.07) is 11.2. The number of aliphatic hydroxyl groups is 1. The standard InChI is InChI=1S/C21H28FN3O3/c1-5-23-21(24-13-19(26)15-6-8-16(22)9-7-15)25-14(2)18-12-17(27-3)10-11-20(18)28-4/h6-12,14,19,26H,5,13H2,1-4H3,(H2,23,24,25). The van der Waals surface area contributed by atoms with E-state index in [4.69, 9.17) is 9.47 Å². The molecule has 0 radical (unpaired) electrons. The van der Waals surface area contributed by atoms with Gasteiger partial charge in [0, 0.05) is 12.1 Å². The minimum atomic E-state index is -0.822. The predicted molar refractivity (Wildman–Crippen MR) is 108 cm³/mol. The highest BCUT2D eigenvalue weighted by Gasteiger charge is 2.15. The number of rotatable bonds is 8. The summed E-state index contributed by atoms with van der Waals surface area (Å²) in [6.07, 6.45) is -0.822. The molecule has 0 saturated heterocycles. The van der Waals surface area contributed by atoms with E-state index in [1.165, 1.54) is 12.1 Å². The van der Waals surface area contributed by atoms with Gasteiger partial charge < -0.3 is 25.2 Å². The molecule has 3 N–H and O–H groups in total. The Balaban J connectivity index is 2.12. The largest absolute Gasteiger partial charge is 0.497 e. The third-order valence-electron chi connectivity index (χ3n) is 4.28. The smallest absolute Gasteiger partial charge is 0.191 e. The van der Waals surface area contributed by atoms with Gasteiger partial charge in [0.05, 0.1) is 32.9 Å². The van der Waals surface area contributed by atoms with Crippen molar-refractivity contribution in [1.82, 2.24) is 10.6 Å². The van der Waals surface area contributed by atoms with Crippen LogP contribution in [0.4, 0.5) is 4.39 Å². The number of hydrogen-bond acceptors (Lipinski definition) is 4. The van der Waals surface area contributed by atoms with Crippen LogP contribution in [0.15, 0.2) is 47.5 Å². The molecule has 0 amide bonds. The van der Waals surface area contributed by atoms with Crippen molar-refractivity contribution >= 4 is 5.96 Å². The van der Waals surface area contributed by atoms with Gasteiger partial charge in [-0.25, -0.2) is 4.39 Å². The number of guanidine groups is 1. The van der Waals surface area contributed by atoms with Crippen LogP contribution >= 0.6 is 0 Å². The van der Waals surface area contributed by atoms with E-state index in [0.717, 1.165) is 17.1 Å². The molecule has 0 aliphatic carbocycles. The van der Waals surface area contributed by atoms with Gasteiger partial charge >= 0.3 is 0 Å². The van der Waals surface area contributed by atoms with Crippen LogP contribution in [0.5, 0.6) is 11.5 Å². The molecule has 0 aromatic heterocycles. The van der Waals surface area contributed by atoms with E-state index >= 15 is 0 Å². The molecule has 2 rings (SSSR count). The Hall–Kier alpha value is -2.80. The van der Waals surface area contributed by atoms with Crippen LogP contribution in [-0.4, -0.2) is 38.4 Å². The zero-order valence-electron chi connectivity index (χ0n) is 16.7. The van der Waals surface area contributed by atoms with Crippen LogP contribution in [0.1, 0.15) is 37.1 Å². The topological polar surface area (TPSA) is 75.1 Å². The lowest BCUT2D eigenvalue weighted by atomic mass is 10.1. The van der Waals surface area contributed by atoms with E-state index in [0.29, 0.717) is 18.1 Å². The first-order chi connectivity index (χ1) is 13.5. The molecular formula is C21H28FN3O3. The van der Waals surface area contributed by atoms with Crippen LogP contribution < -0.4 is 20.1 Å². The molecule has 2 unspecified atom stereocenters. The van der Waals surface area contributed by atoms with Crippen LogP contribution in [0.2, 0.25) is 0 Å². The maximum atomic E-state index is 13.0. The number of nitrogens with one attached hydrogen (secondary N) is 2. The number of hydrogen-bond donors (Lipinski definition) is 3. The van der Waals surface area contributed by atoms with Crippen molar-refractivity contribution in [3.8, 4) is 11.5 Å². The summed E-state index contributed by atoms with van der Waals surface area (Å²) in [4.78, 5) is 4.45. The Morgan fingerprint density at radius 2 is 1.86 bits per heavy atom. The molecule has 0 saturated carbocycles. The van der Waals surface area contributed by atoms with Crippen molar-refractivity contribution in [3.05, 3.63) is 59.4 Å². The van der Waals surface area contributed by atoms with Crippen LogP contribution in [-0.2, 0) is 0 Å². The van der Waals surface area contributed by atoms with E-state index in [1.807, 2.05) is 32.0 Å². The first-order valence-electron chi connectivity index (χ1n) is 9.18. The normalized spacial score (nSPS) is 13.6. The van der Waals surface area contributed by atoms with Crippen molar-refractivity contribution in [1.29, 1.82) is 0 Å². The summed E-state index contributed by atoms with van der Waals surface area (Å²) in [5.41, 5.74) is 1.54. The number of aliphatic imine (C=N–C) groups is 1. The van der Waals surface area contributed by atoms with Crippen molar-refractivity contribution in [2.75, 3.05) is 27.3 Å². The highest BCUT2D eigenvalue weighted by atomic mass is 19.1. The Morgan fingerprint density at radius 1 is 1.14 bits per heavy atom. The molecule has 0 aliphatic rings. The van der Waals surface area contributed by atoms with E-state index in [2.05, 4.69) is 15.6 Å². The molecule has 0 heterocycles. The SMILES string of the molecule is CCNC(=NCC(O)c1ccc(F)cc1)NC(C)c1cc(OC)ccc1OC. The lowest BCUT2D eigenvalue weighted by molar-refractivity contribution is 0.187. The number of methoxy groups -OCH3 is 2. The summed E-state index contributed by atoms with van der Waals surface area (Å²) in [6.45, 7) is 4.76. The van der Waals surface area contributed by atoms with Gasteiger partial charge in [0.25, 0.3) is 0 Å². The summed E-state index contributed by atoms with van der Waals surface area (Å²) >= 11 is 0. The zero-order chi connectivity index (χ0) is 20.5. The average molecular weight is 389 g/mol. The number of ether oxygens (including phenoxy) is 2. The van der Waals surface area contributed by atoms with E-state index in [1.54, 1.807) is 26.4 Å². The third-order valence-corrected chi connectivity index (χ3v) is 4.28. The van der Waals surface area contributed by atoms with Crippen molar-refractivity contribution in [3.63, 3.8) is 0 Å². The number of halogens is 1. The van der Waals surface area contributed by atoms with E-state index in [9.17, 15) is 9.50 Å². The van der Waals surface area contributed by atoms with Crippen LogP contribution in [0, 0.1) is 5.82 Å². The molecule has 6 nitrogen and oxygen atoms in total. The molecule has 0 aliphatic heterocycles. The second kappa shape index (κ2) is 10.5. The second-order valence-electron chi connectivity index (χ2n) is 6.26. The third kappa shape index (κ3) is 5.85. The van der Waals surface area contributed by atoms with Crippen molar-refractivity contribution < 1.29 is 19.0 Å². The Morgan fingerprint density at radius 3 is 2.46 bits per heavy atom. The van der Waals surface area contributed by atoms with E-state index in [-0.39, 0.29) is 18.4 Å². The fraction of sp³-hybridized carbons (Fsp3) is 0.381. The number of nitrogens with zero attached hydrogens (tertiary/aromatic N) is 1. The average Bonchev–Trinajstić information content (AvgIpc) is 2.71. The highest BCUT2D eigenvalue weighted by Crippen LogP contribution is 2.29. The first kappa shape index (κ1) is 21.5. The van der Waals surface area contributed by atoms with E-state index < -0.39 is 6.10 Å². The molecule has 2 atom stereocenters. The Bertz CT molecular complexity index is 781. The van der Waals surface area contributed by atoms with Gasteiger partial charge in [0.1, 0.15) is 17.3 Å². The molecule has 0 spiro atoms. The van der Waals surface area contributed by atoms with Crippen molar-refractivity contribution in [2.45, 2.75) is 26.0 Å². The summed E-state index contributed by atoms with van der Waals surface area (Å²) in [7, 11) is 3.24. The lowest BCUT2D eigenvalue weighted by Crippen LogP contribution is -2.39. The molecule has 7 heteroatoms. The summed E-state index contributed by atoms with van der Waals surface area (Å²) in [5, 5.41) is 16.8. The zero-order valence-corrected chi connectivity index (χ0v) is 16.7. The van der Waals surface area contributed by atoms with Gasteiger partial charge in [0.15, 0.2) is 5.96 Å². The second-order valence-corrected chi connectivity index (χ2v) is 6.26. The van der Waals surface area contributed by atoms with Gasteiger partial charge in [0.2, 0.25) is 0 Å². The van der Waals surface area contributed by atoms with Crippen LogP contribution in [0.3, 0.4) is 0 Å². The molecule has 2 aromatic rings. The quantitative estimate of drug-likeness (QED) is 0.478. The fourth-order valence-electron chi connectivity index (χ4n) is 2.75. The molecule has 0 bridgehead atoms. The minimum absolute atomic E-state index is 0.120. The Kier molecular flexibility index (Phi) is 8.07. The molecule has 28 heavy (non-hydrogen) atoms. The summed E-state index contributed by atoms with van der Waals surface area (Å²) in [5.74, 6) is 1.69. The van der Waals surface area contributed by atoms with Gasteiger partial charge in [-0.2, -0.15) is 0 Å². The number of aliphatic hydroxyl groups excluding tert-OH is 1. The molecule has 0 fully saturated rings. The van der Waals surface area contributed by atoms with Gasteiger partial charge in [-0.3, -0.25) is 4.99 Å². The predicted octanol–water partition coefficient (Wildman–Crippen LogP) is 3.19. The fourth-order valence-corrected chi connectivity index (χ4v) is 2.75. The Labute approximate surface area is 165 Å². The molecular weight excluding hydrogens is 361 g/mol. The number of benzene rings is 2. The van der Waals surface area contributed by atoms with Gasteiger partial charge in [-0.05, 0) is 49.7 Å². The maximum Gasteiger partial charge on any atom is 0.191 e.